The molecule has 1 aromatic heterocycles. The van der Waals surface area contributed by atoms with E-state index in [4.69, 9.17) is 0 Å². The lowest BCUT2D eigenvalue weighted by molar-refractivity contribution is 0.0957. The maximum Gasteiger partial charge on any atom is 0.271 e. The van der Waals surface area contributed by atoms with Gasteiger partial charge in [0.15, 0.2) is 5.69 Å². The van der Waals surface area contributed by atoms with Crippen molar-refractivity contribution < 1.29 is 4.79 Å². The largest absolute Gasteiger partial charge is 0.365 e. The molecule has 5 nitrogen and oxygen atoms in total. The Morgan fingerprint density at radius 3 is 2.53 bits per heavy atom. The SMILES string of the molecule is CNC(=O)c1ccc(NC2C3C4CCC(C4)C23)nn1. The van der Waals surface area contributed by atoms with E-state index < -0.39 is 0 Å². The van der Waals surface area contributed by atoms with Crippen LogP contribution in [0.1, 0.15) is 29.8 Å². The smallest absolute Gasteiger partial charge is 0.271 e. The Balaban J connectivity index is 1.43. The topological polar surface area (TPSA) is 66.9 Å². The standard InChI is InChI=1S/C14H18N4O/c1-15-14(19)9-4-5-10(18-17-9)16-13-11-7-2-3-8(6-7)12(11)13/h4-5,7-8,11-13H,2-3,6H2,1H3,(H,15,19)(H,16,18). The molecule has 19 heavy (non-hydrogen) atoms. The molecular formula is C14H18N4O. The molecule has 2 bridgehead atoms. The highest BCUT2D eigenvalue weighted by atomic mass is 16.1. The number of carbonyl (C=O) groups excluding carboxylic acids is 1. The van der Waals surface area contributed by atoms with Gasteiger partial charge in [0.25, 0.3) is 5.91 Å². The number of hydrogen-bond donors (Lipinski definition) is 2. The van der Waals surface area contributed by atoms with E-state index in [0.717, 1.165) is 29.5 Å². The van der Waals surface area contributed by atoms with Crippen LogP contribution >= 0.6 is 0 Å². The van der Waals surface area contributed by atoms with E-state index in [9.17, 15) is 4.79 Å². The molecule has 3 aliphatic carbocycles. The van der Waals surface area contributed by atoms with Gasteiger partial charge in [0, 0.05) is 13.1 Å². The van der Waals surface area contributed by atoms with Gasteiger partial charge in [-0.3, -0.25) is 4.79 Å². The van der Waals surface area contributed by atoms with Crippen LogP contribution in [0.2, 0.25) is 0 Å². The summed E-state index contributed by atoms with van der Waals surface area (Å²) in [4.78, 5) is 11.4. The van der Waals surface area contributed by atoms with Crippen molar-refractivity contribution in [3.8, 4) is 0 Å². The summed E-state index contributed by atoms with van der Waals surface area (Å²) in [5, 5.41) is 14.1. The predicted molar refractivity (Wildman–Crippen MR) is 70.6 cm³/mol. The normalized spacial score (nSPS) is 37.8. The molecule has 3 saturated carbocycles. The first-order chi connectivity index (χ1) is 9.28. The van der Waals surface area contributed by atoms with Gasteiger partial charge in [-0.25, -0.2) is 0 Å². The molecule has 0 aromatic carbocycles. The second kappa shape index (κ2) is 3.92. The summed E-state index contributed by atoms with van der Waals surface area (Å²) in [6.45, 7) is 0. The fourth-order valence-corrected chi connectivity index (χ4v) is 4.35. The molecule has 100 valence electrons. The van der Waals surface area contributed by atoms with Gasteiger partial charge in [0.05, 0.1) is 0 Å². The van der Waals surface area contributed by atoms with E-state index in [1.807, 2.05) is 6.07 Å². The van der Waals surface area contributed by atoms with Crippen LogP contribution in [0.5, 0.6) is 0 Å². The fourth-order valence-electron chi connectivity index (χ4n) is 4.35. The molecule has 0 saturated heterocycles. The highest BCUT2D eigenvalue weighted by Crippen LogP contribution is 2.66. The van der Waals surface area contributed by atoms with E-state index in [0.29, 0.717) is 11.7 Å². The van der Waals surface area contributed by atoms with Crippen molar-refractivity contribution in [3.63, 3.8) is 0 Å². The maximum atomic E-state index is 11.4. The van der Waals surface area contributed by atoms with Crippen LogP contribution in [0.4, 0.5) is 5.82 Å². The highest BCUT2D eigenvalue weighted by molar-refractivity contribution is 5.91. The molecule has 3 fully saturated rings. The summed E-state index contributed by atoms with van der Waals surface area (Å²) in [5.74, 6) is 4.25. The minimum absolute atomic E-state index is 0.194. The Morgan fingerprint density at radius 1 is 1.21 bits per heavy atom. The Kier molecular flexibility index (Phi) is 2.31. The van der Waals surface area contributed by atoms with Crippen molar-refractivity contribution in [2.24, 2.45) is 23.7 Å². The van der Waals surface area contributed by atoms with Gasteiger partial charge in [0.2, 0.25) is 0 Å². The lowest BCUT2D eigenvalue weighted by Gasteiger charge is -2.10. The number of amides is 1. The molecule has 0 radical (unpaired) electrons. The van der Waals surface area contributed by atoms with E-state index in [1.165, 1.54) is 19.3 Å². The van der Waals surface area contributed by atoms with Crippen molar-refractivity contribution in [2.75, 3.05) is 12.4 Å². The second-order valence-corrected chi connectivity index (χ2v) is 6.04. The first-order valence-electron chi connectivity index (χ1n) is 7.10. The van der Waals surface area contributed by atoms with E-state index in [-0.39, 0.29) is 5.91 Å². The lowest BCUT2D eigenvalue weighted by atomic mass is 10.0. The van der Waals surface area contributed by atoms with Gasteiger partial charge >= 0.3 is 0 Å². The quantitative estimate of drug-likeness (QED) is 0.857. The van der Waals surface area contributed by atoms with Crippen LogP contribution in [0, 0.1) is 23.7 Å². The predicted octanol–water partition coefficient (Wildman–Crippen LogP) is 1.29. The fraction of sp³-hybridized carbons (Fsp3) is 0.643. The van der Waals surface area contributed by atoms with Crippen molar-refractivity contribution >= 4 is 11.7 Å². The summed E-state index contributed by atoms with van der Waals surface area (Å²) >= 11 is 0. The molecule has 1 heterocycles. The minimum atomic E-state index is -0.194. The number of anilines is 1. The van der Waals surface area contributed by atoms with Gasteiger partial charge in [-0.1, -0.05) is 0 Å². The summed E-state index contributed by atoms with van der Waals surface area (Å²) in [7, 11) is 1.59. The average molecular weight is 258 g/mol. The van der Waals surface area contributed by atoms with Crippen LogP contribution in [-0.4, -0.2) is 29.2 Å². The summed E-state index contributed by atoms with van der Waals surface area (Å²) in [6.07, 6.45) is 4.30. The Morgan fingerprint density at radius 2 is 1.95 bits per heavy atom. The summed E-state index contributed by atoms with van der Waals surface area (Å²) in [6, 6.07) is 4.18. The number of fused-ring (bicyclic) bond motifs is 5. The zero-order chi connectivity index (χ0) is 13.0. The van der Waals surface area contributed by atoms with Crippen LogP contribution in [0.3, 0.4) is 0 Å². The zero-order valence-corrected chi connectivity index (χ0v) is 11.0. The van der Waals surface area contributed by atoms with Crippen LogP contribution in [0.15, 0.2) is 12.1 Å². The molecule has 5 heteroatoms. The summed E-state index contributed by atoms with van der Waals surface area (Å²) < 4.78 is 0. The molecule has 0 spiro atoms. The number of nitrogens with zero attached hydrogens (tertiary/aromatic N) is 2. The van der Waals surface area contributed by atoms with Gasteiger partial charge in [-0.2, -0.15) is 0 Å². The third-order valence-corrected chi connectivity index (χ3v) is 5.17. The van der Waals surface area contributed by atoms with Gasteiger partial charge in [-0.05, 0) is 55.1 Å². The van der Waals surface area contributed by atoms with Crippen molar-refractivity contribution in [1.29, 1.82) is 0 Å². The van der Waals surface area contributed by atoms with E-state index >= 15 is 0 Å². The third kappa shape index (κ3) is 1.64. The van der Waals surface area contributed by atoms with Gasteiger partial charge < -0.3 is 10.6 Å². The van der Waals surface area contributed by atoms with Crippen molar-refractivity contribution in [3.05, 3.63) is 17.8 Å². The first kappa shape index (κ1) is 11.2. The van der Waals surface area contributed by atoms with E-state index in [1.54, 1.807) is 13.1 Å². The maximum absolute atomic E-state index is 11.4. The molecule has 1 aromatic rings. The Labute approximate surface area is 112 Å². The molecule has 4 atom stereocenters. The zero-order valence-electron chi connectivity index (χ0n) is 11.0. The molecular weight excluding hydrogens is 240 g/mol. The van der Waals surface area contributed by atoms with E-state index in [2.05, 4.69) is 20.8 Å². The molecule has 4 rings (SSSR count). The number of aromatic nitrogens is 2. The Bertz CT molecular complexity index is 499. The lowest BCUT2D eigenvalue weighted by Crippen LogP contribution is -2.20. The minimum Gasteiger partial charge on any atom is -0.365 e. The van der Waals surface area contributed by atoms with Crippen LogP contribution < -0.4 is 10.6 Å². The first-order valence-corrected chi connectivity index (χ1v) is 7.10. The molecule has 1 amide bonds. The average Bonchev–Trinajstić information content (AvgIpc) is 2.85. The van der Waals surface area contributed by atoms with Crippen LogP contribution in [0.25, 0.3) is 0 Å². The molecule has 3 aliphatic rings. The Hall–Kier alpha value is -1.65. The van der Waals surface area contributed by atoms with Gasteiger partial charge in [-0.15, -0.1) is 10.2 Å². The third-order valence-electron chi connectivity index (χ3n) is 5.17. The van der Waals surface area contributed by atoms with Crippen molar-refractivity contribution in [2.45, 2.75) is 25.3 Å². The summed E-state index contributed by atoms with van der Waals surface area (Å²) in [5.41, 5.74) is 0.365. The molecule has 4 unspecified atom stereocenters. The number of carbonyl (C=O) groups is 1. The number of rotatable bonds is 3. The van der Waals surface area contributed by atoms with Crippen LogP contribution in [-0.2, 0) is 0 Å². The number of hydrogen-bond acceptors (Lipinski definition) is 4. The van der Waals surface area contributed by atoms with Gasteiger partial charge in [0.1, 0.15) is 5.82 Å². The molecule has 0 aliphatic heterocycles. The highest BCUT2D eigenvalue weighted by Gasteiger charge is 2.65. The number of nitrogens with one attached hydrogen (secondary N) is 2. The van der Waals surface area contributed by atoms with Crippen molar-refractivity contribution in [1.82, 2.24) is 15.5 Å². The molecule has 2 N–H and O–H groups in total. The monoisotopic (exact) mass is 258 g/mol. The second-order valence-electron chi connectivity index (χ2n) is 6.04.